The van der Waals surface area contributed by atoms with E-state index in [4.69, 9.17) is 18.5 Å². The van der Waals surface area contributed by atoms with E-state index in [9.17, 15) is 44.6 Å². The smallest absolute Gasteiger partial charge is 0.462 e. The Bertz CT molecular complexity index is 782. The van der Waals surface area contributed by atoms with Crippen LogP contribution >= 0.6 is 7.82 Å². The van der Waals surface area contributed by atoms with Gasteiger partial charge in [-0.2, -0.15) is 0 Å². The molecule has 1 aliphatic rings. The van der Waals surface area contributed by atoms with E-state index in [2.05, 4.69) is 6.92 Å². The monoisotopic (exact) mass is 628 g/mol. The van der Waals surface area contributed by atoms with Gasteiger partial charge in [-0.15, -0.1) is 0 Å². The Morgan fingerprint density at radius 1 is 0.690 bits per heavy atom. The van der Waals surface area contributed by atoms with Crippen molar-refractivity contribution in [3.63, 3.8) is 0 Å². The molecule has 0 aromatic carbocycles. The van der Waals surface area contributed by atoms with Gasteiger partial charge in [-0.05, 0) is 6.42 Å². The maximum Gasteiger partial charge on any atom is 0.472 e. The van der Waals surface area contributed by atoms with Gasteiger partial charge in [-0.1, -0.05) is 90.4 Å². The molecule has 42 heavy (non-hydrogen) atoms. The van der Waals surface area contributed by atoms with E-state index in [0.29, 0.717) is 6.42 Å². The van der Waals surface area contributed by atoms with Crippen LogP contribution in [0.2, 0.25) is 0 Å². The van der Waals surface area contributed by atoms with Crippen LogP contribution in [0, 0.1) is 0 Å². The summed E-state index contributed by atoms with van der Waals surface area (Å²) in [4.78, 5) is 33.6. The molecule has 0 spiro atoms. The summed E-state index contributed by atoms with van der Waals surface area (Å²) in [7, 11) is -5.06. The Morgan fingerprint density at radius 3 is 1.57 bits per heavy atom. The highest BCUT2D eigenvalue weighted by molar-refractivity contribution is 7.47. The van der Waals surface area contributed by atoms with Crippen LogP contribution < -0.4 is 0 Å². The summed E-state index contributed by atoms with van der Waals surface area (Å²) in [6, 6.07) is 0. The van der Waals surface area contributed by atoms with Crippen LogP contribution in [0.4, 0.5) is 0 Å². The number of aliphatic hydroxyl groups is 5. The Morgan fingerprint density at radius 2 is 1.12 bits per heavy atom. The number of ether oxygens (including phenoxy) is 2. The van der Waals surface area contributed by atoms with E-state index >= 15 is 0 Å². The van der Waals surface area contributed by atoms with Crippen LogP contribution in [0.3, 0.4) is 0 Å². The number of hydrogen-bond donors (Lipinski definition) is 6. The normalized spacial score (nSPS) is 26.4. The zero-order valence-corrected chi connectivity index (χ0v) is 25.9. The Labute approximate surface area is 249 Å². The van der Waals surface area contributed by atoms with Gasteiger partial charge in [-0.3, -0.25) is 18.6 Å². The van der Waals surface area contributed by atoms with Crippen LogP contribution in [0.15, 0.2) is 0 Å². The van der Waals surface area contributed by atoms with Gasteiger partial charge in [0.2, 0.25) is 0 Å². The first-order valence-electron chi connectivity index (χ1n) is 15.3. The molecule has 0 saturated heterocycles. The third-order valence-electron chi connectivity index (χ3n) is 7.26. The quantitative estimate of drug-likeness (QED) is 0.0547. The second-order valence-electron chi connectivity index (χ2n) is 11.0. The van der Waals surface area contributed by atoms with Crippen LogP contribution in [-0.2, 0) is 32.7 Å². The van der Waals surface area contributed by atoms with E-state index in [-0.39, 0.29) is 6.42 Å². The summed E-state index contributed by atoms with van der Waals surface area (Å²) in [6.07, 6.45) is 3.32. The molecule has 0 amide bonds. The van der Waals surface area contributed by atoms with E-state index in [1.165, 1.54) is 64.2 Å². The second kappa shape index (κ2) is 21.5. The highest BCUT2D eigenvalue weighted by Gasteiger charge is 2.51. The number of hydrogen-bond acceptors (Lipinski definition) is 12. The van der Waals surface area contributed by atoms with Crippen LogP contribution in [0.1, 0.15) is 110 Å². The molecule has 13 nitrogen and oxygen atoms in total. The van der Waals surface area contributed by atoms with Gasteiger partial charge in [0, 0.05) is 13.3 Å². The van der Waals surface area contributed by atoms with Crippen molar-refractivity contribution >= 4 is 19.8 Å². The lowest BCUT2D eigenvalue weighted by Crippen LogP contribution is -2.64. The molecule has 0 radical (unpaired) electrons. The molecule has 0 aliphatic heterocycles. The number of carbonyl (C=O) groups excluding carboxylic acids is 2. The second-order valence-corrected chi connectivity index (χ2v) is 12.5. The molecular formula is C28H53O13P. The van der Waals surface area contributed by atoms with Crippen molar-refractivity contribution in [2.45, 2.75) is 153 Å². The van der Waals surface area contributed by atoms with Gasteiger partial charge in [0.15, 0.2) is 6.10 Å². The molecule has 1 saturated carbocycles. The largest absolute Gasteiger partial charge is 0.472 e. The van der Waals surface area contributed by atoms with Gasteiger partial charge >= 0.3 is 19.8 Å². The van der Waals surface area contributed by atoms with Gasteiger partial charge in [0.1, 0.15) is 43.2 Å². The molecule has 0 bridgehead atoms. The van der Waals surface area contributed by atoms with Gasteiger partial charge in [0.05, 0.1) is 6.61 Å². The van der Waals surface area contributed by atoms with E-state index < -0.39 is 75.7 Å². The maximum absolute atomic E-state index is 12.4. The number of phosphoric acid groups is 1. The first-order chi connectivity index (χ1) is 19.9. The van der Waals surface area contributed by atoms with Crippen molar-refractivity contribution in [1.82, 2.24) is 0 Å². The van der Waals surface area contributed by atoms with Crippen LogP contribution in [-0.4, -0.2) is 98.3 Å². The Kier molecular flexibility index (Phi) is 19.9. The Balaban J connectivity index is 2.35. The molecule has 14 heteroatoms. The molecule has 6 unspecified atom stereocenters. The minimum absolute atomic E-state index is 0.0977. The number of rotatable bonds is 23. The molecule has 0 aromatic rings. The van der Waals surface area contributed by atoms with Gasteiger partial charge in [0.25, 0.3) is 0 Å². The lowest BCUT2D eigenvalue weighted by atomic mass is 9.85. The first kappa shape index (κ1) is 38.9. The summed E-state index contributed by atoms with van der Waals surface area (Å²) in [6.45, 7) is 2.16. The molecule has 1 aliphatic carbocycles. The summed E-state index contributed by atoms with van der Waals surface area (Å²) in [5.41, 5.74) is 0. The standard InChI is InChI=1S/C28H53O13P/c1-3-4-5-6-7-8-9-10-11-12-13-14-15-16-17-22(30)40-21(18-38-20(2)29)19-39-42(36,37)41-28-26(34)24(32)23(31)25(33)27(28)35/h21,23-28,31-35H,3-19H2,1-2H3,(H,36,37). The topological polar surface area (TPSA) is 210 Å². The molecule has 6 atom stereocenters. The number of phosphoric ester groups is 1. The molecule has 1 rings (SSSR count). The molecule has 6 N–H and O–H groups in total. The predicted octanol–water partition coefficient (Wildman–Crippen LogP) is 2.65. The maximum atomic E-state index is 12.4. The number of unbranched alkanes of at least 4 members (excludes halogenated alkanes) is 13. The number of aliphatic hydroxyl groups excluding tert-OH is 5. The molecule has 0 heterocycles. The fourth-order valence-corrected chi connectivity index (χ4v) is 5.69. The molecule has 1 fully saturated rings. The SMILES string of the molecule is CCCCCCCCCCCCCCCCC(=O)OC(COC(C)=O)COP(=O)(O)OC1C(O)C(O)C(O)C(O)C1O. The summed E-state index contributed by atoms with van der Waals surface area (Å²) >= 11 is 0. The third-order valence-corrected chi connectivity index (χ3v) is 8.24. The fraction of sp³-hybridized carbons (Fsp3) is 0.929. The van der Waals surface area contributed by atoms with Crippen molar-refractivity contribution in [2.75, 3.05) is 13.2 Å². The highest BCUT2D eigenvalue weighted by atomic mass is 31.2. The zero-order valence-electron chi connectivity index (χ0n) is 25.1. The van der Waals surface area contributed by atoms with Crippen molar-refractivity contribution in [2.24, 2.45) is 0 Å². The summed E-state index contributed by atoms with van der Waals surface area (Å²) < 4.78 is 32.1. The third kappa shape index (κ3) is 16.1. The minimum atomic E-state index is -5.06. The average molecular weight is 629 g/mol. The number of carbonyl (C=O) groups is 2. The van der Waals surface area contributed by atoms with E-state index in [1.54, 1.807) is 0 Å². The lowest BCUT2D eigenvalue weighted by Gasteiger charge is -2.41. The summed E-state index contributed by atoms with van der Waals surface area (Å²) in [5, 5.41) is 49.2. The van der Waals surface area contributed by atoms with Gasteiger partial charge in [-0.25, -0.2) is 4.57 Å². The molecule has 248 valence electrons. The average Bonchev–Trinajstić information content (AvgIpc) is 2.94. The lowest BCUT2D eigenvalue weighted by molar-refractivity contribution is -0.220. The molecule has 0 aromatic heterocycles. The van der Waals surface area contributed by atoms with Crippen molar-refractivity contribution in [3.8, 4) is 0 Å². The van der Waals surface area contributed by atoms with Crippen LogP contribution in [0.25, 0.3) is 0 Å². The number of esters is 2. The fourth-order valence-electron chi connectivity index (χ4n) is 4.72. The zero-order chi connectivity index (χ0) is 31.5. The van der Waals surface area contributed by atoms with Gasteiger partial charge < -0.3 is 39.9 Å². The van der Waals surface area contributed by atoms with E-state index in [0.717, 1.165) is 26.2 Å². The van der Waals surface area contributed by atoms with Crippen LogP contribution in [0.5, 0.6) is 0 Å². The molecular weight excluding hydrogens is 575 g/mol. The summed E-state index contributed by atoms with van der Waals surface area (Å²) in [5.74, 6) is -1.29. The van der Waals surface area contributed by atoms with Crippen molar-refractivity contribution in [1.29, 1.82) is 0 Å². The Hall–Kier alpha value is -1.15. The highest BCUT2D eigenvalue weighted by Crippen LogP contribution is 2.47. The van der Waals surface area contributed by atoms with Crippen molar-refractivity contribution in [3.05, 3.63) is 0 Å². The van der Waals surface area contributed by atoms with E-state index in [1.807, 2.05) is 0 Å². The first-order valence-corrected chi connectivity index (χ1v) is 16.8. The predicted molar refractivity (Wildman–Crippen MR) is 152 cm³/mol. The van der Waals surface area contributed by atoms with Crippen molar-refractivity contribution < 1.29 is 63.1 Å². The minimum Gasteiger partial charge on any atom is -0.462 e.